The lowest BCUT2D eigenvalue weighted by Crippen LogP contribution is -2.14. The maximum Gasteiger partial charge on any atom is 0.274 e. The van der Waals surface area contributed by atoms with Crippen LogP contribution < -0.4 is 16.0 Å². The van der Waals surface area contributed by atoms with Gasteiger partial charge in [-0.25, -0.2) is 4.98 Å². The van der Waals surface area contributed by atoms with E-state index in [0.29, 0.717) is 23.0 Å². The van der Waals surface area contributed by atoms with Crippen LogP contribution in [-0.2, 0) is 4.79 Å². The van der Waals surface area contributed by atoms with E-state index in [1.165, 1.54) is 12.5 Å². The van der Waals surface area contributed by atoms with Crippen molar-refractivity contribution in [1.82, 2.24) is 4.98 Å². The molecule has 3 N–H and O–H groups in total. The number of para-hydroxylation sites is 1. The van der Waals surface area contributed by atoms with Gasteiger partial charge in [0.05, 0.1) is 11.9 Å². The molecule has 0 aliphatic rings. The van der Waals surface area contributed by atoms with Crippen molar-refractivity contribution in [3.63, 3.8) is 0 Å². The number of nitrogens with zero attached hydrogens (tertiary/aromatic N) is 1. The van der Waals surface area contributed by atoms with Gasteiger partial charge in [0.2, 0.25) is 5.91 Å². The number of hydrogen-bond donors (Lipinski definition) is 3. The lowest BCUT2D eigenvalue weighted by atomic mass is 10.0. The highest BCUT2D eigenvalue weighted by atomic mass is 16.2. The van der Waals surface area contributed by atoms with Gasteiger partial charge in [-0.15, -0.1) is 0 Å². The minimum atomic E-state index is -0.320. The van der Waals surface area contributed by atoms with Gasteiger partial charge >= 0.3 is 0 Å². The summed E-state index contributed by atoms with van der Waals surface area (Å²) in [7, 11) is 0. The van der Waals surface area contributed by atoms with E-state index in [1.807, 2.05) is 24.3 Å². The van der Waals surface area contributed by atoms with Crippen molar-refractivity contribution in [2.45, 2.75) is 26.7 Å². The molecule has 0 saturated heterocycles. The van der Waals surface area contributed by atoms with Gasteiger partial charge in [-0.2, -0.15) is 0 Å². The van der Waals surface area contributed by atoms with Crippen molar-refractivity contribution in [3.8, 4) is 0 Å². The molecular formula is C23H24N4O2. The number of benzene rings is 2. The van der Waals surface area contributed by atoms with Crippen LogP contribution in [0.15, 0.2) is 66.9 Å². The van der Waals surface area contributed by atoms with Crippen LogP contribution in [-0.4, -0.2) is 16.8 Å². The molecule has 0 fully saturated rings. The number of aromatic nitrogens is 1. The molecule has 0 saturated carbocycles. The zero-order chi connectivity index (χ0) is 20.8. The molecule has 29 heavy (non-hydrogen) atoms. The SMILES string of the molecule is CC(=O)Nc1cccc(NC(=O)c2ccc(Nc3ccccc3C(C)C)cn2)c1. The second kappa shape index (κ2) is 9.01. The molecule has 3 rings (SSSR count). The summed E-state index contributed by atoms with van der Waals surface area (Å²) in [5, 5.41) is 8.84. The third-order valence-electron chi connectivity index (χ3n) is 4.30. The predicted molar refractivity (Wildman–Crippen MR) is 117 cm³/mol. The molecule has 2 aromatic carbocycles. The van der Waals surface area contributed by atoms with Crippen LogP contribution in [0, 0.1) is 0 Å². The molecule has 0 radical (unpaired) electrons. The molecule has 0 unspecified atom stereocenters. The number of hydrogen-bond acceptors (Lipinski definition) is 4. The molecule has 6 heteroatoms. The molecule has 0 bridgehead atoms. The van der Waals surface area contributed by atoms with Crippen molar-refractivity contribution < 1.29 is 9.59 Å². The van der Waals surface area contributed by atoms with Crippen molar-refractivity contribution in [1.29, 1.82) is 0 Å². The molecule has 148 valence electrons. The van der Waals surface area contributed by atoms with Crippen LogP contribution in [0.25, 0.3) is 0 Å². The number of amides is 2. The molecule has 2 amide bonds. The van der Waals surface area contributed by atoms with Crippen LogP contribution in [0.4, 0.5) is 22.7 Å². The van der Waals surface area contributed by atoms with E-state index in [4.69, 9.17) is 0 Å². The van der Waals surface area contributed by atoms with E-state index in [-0.39, 0.29) is 11.8 Å². The van der Waals surface area contributed by atoms with Crippen molar-refractivity contribution in [3.05, 3.63) is 78.1 Å². The molecule has 0 atom stereocenters. The zero-order valence-electron chi connectivity index (χ0n) is 16.7. The van der Waals surface area contributed by atoms with E-state index in [0.717, 1.165) is 11.4 Å². The third-order valence-corrected chi connectivity index (χ3v) is 4.30. The first-order valence-electron chi connectivity index (χ1n) is 9.43. The van der Waals surface area contributed by atoms with Crippen molar-refractivity contribution in [2.24, 2.45) is 0 Å². The molecule has 1 heterocycles. The van der Waals surface area contributed by atoms with Gasteiger partial charge < -0.3 is 16.0 Å². The Balaban J connectivity index is 1.69. The number of carbonyl (C=O) groups is 2. The first-order chi connectivity index (χ1) is 13.9. The van der Waals surface area contributed by atoms with Crippen LogP contribution in [0.1, 0.15) is 42.7 Å². The number of carbonyl (C=O) groups excluding carboxylic acids is 2. The van der Waals surface area contributed by atoms with E-state index < -0.39 is 0 Å². The fourth-order valence-electron chi connectivity index (χ4n) is 2.95. The average molecular weight is 388 g/mol. The summed E-state index contributed by atoms with van der Waals surface area (Å²) < 4.78 is 0. The molecule has 6 nitrogen and oxygen atoms in total. The monoisotopic (exact) mass is 388 g/mol. The Labute approximate surface area is 170 Å². The fraction of sp³-hybridized carbons (Fsp3) is 0.174. The Hall–Kier alpha value is -3.67. The summed E-state index contributed by atoms with van der Waals surface area (Å²) in [6.07, 6.45) is 1.64. The predicted octanol–water partition coefficient (Wildman–Crippen LogP) is 5.16. The van der Waals surface area contributed by atoms with Gasteiger partial charge in [0.25, 0.3) is 5.91 Å². The van der Waals surface area contributed by atoms with Gasteiger partial charge in [-0.1, -0.05) is 38.1 Å². The first kappa shape index (κ1) is 20.1. The Morgan fingerprint density at radius 3 is 2.24 bits per heavy atom. The largest absolute Gasteiger partial charge is 0.354 e. The fourth-order valence-corrected chi connectivity index (χ4v) is 2.95. The molecule has 0 aliphatic heterocycles. The number of nitrogens with one attached hydrogen (secondary N) is 3. The van der Waals surface area contributed by atoms with Crippen LogP contribution in [0.2, 0.25) is 0 Å². The van der Waals surface area contributed by atoms with Crippen LogP contribution in [0.3, 0.4) is 0 Å². The highest BCUT2D eigenvalue weighted by Crippen LogP contribution is 2.26. The topological polar surface area (TPSA) is 83.1 Å². The highest BCUT2D eigenvalue weighted by Gasteiger charge is 2.10. The summed E-state index contributed by atoms with van der Waals surface area (Å²) in [5.74, 6) is -0.0960. The summed E-state index contributed by atoms with van der Waals surface area (Å²) in [6, 6.07) is 18.6. The highest BCUT2D eigenvalue weighted by molar-refractivity contribution is 6.03. The number of pyridine rings is 1. The maximum absolute atomic E-state index is 12.5. The normalized spacial score (nSPS) is 10.5. The van der Waals surface area contributed by atoms with E-state index in [9.17, 15) is 9.59 Å². The summed E-state index contributed by atoms with van der Waals surface area (Å²) in [6.45, 7) is 5.73. The minimum Gasteiger partial charge on any atom is -0.354 e. The Morgan fingerprint density at radius 1 is 0.862 bits per heavy atom. The Kier molecular flexibility index (Phi) is 6.24. The Morgan fingerprint density at radius 2 is 1.59 bits per heavy atom. The standard InChI is InChI=1S/C23H24N4O2/c1-15(2)20-9-4-5-10-21(20)26-19-11-12-22(24-14-19)23(29)27-18-8-6-7-17(13-18)25-16(3)28/h4-15,26H,1-3H3,(H,25,28)(H,27,29). The molecule has 1 aromatic heterocycles. The second-order valence-electron chi connectivity index (χ2n) is 7.02. The van der Waals surface area contributed by atoms with Crippen molar-refractivity contribution in [2.75, 3.05) is 16.0 Å². The lowest BCUT2D eigenvalue weighted by Gasteiger charge is -2.14. The maximum atomic E-state index is 12.5. The summed E-state index contributed by atoms with van der Waals surface area (Å²) >= 11 is 0. The van der Waals surface area contributed by atoms with Gasteiger partial charge in [0.15, 0.2) is 0 Å². The quantitative estimate of drug-likeness (QED) is 0.545. The van der Waals surface area contributed by atoms with E-state index in [2.05, 4.69) is 40.8 Å². The van der Waals surface area contributed by atoms with Gasteiger partial charge in [0.1, 0.15) is 5.69 Å². The average Bonchev–Trinajstić information content (AvgIpc) is 2.68. The smallest absolute Gasteiger partial charge is 0.274 e. The van der Waals surface area contributed by atoms with Crippen LogP contribution in [0.5, 0.6) is 0 Å². The molecule has 0 spiro atoms. The third kappa shape index (κ3) is 5.42. The minimum absolute atomic E-state index is 0.169. The first-order valence-corrected chi connectivity index (χ1v) is 9.43. The Bertz CT molecular complexity index is 1010. The van der Waals surface area contributed by atoms with E-state index in [1.54, 1.807) is 36.5 Å². The summed E-state index contributed by atoms with van der Waals surface area (Å²) in [4.78, 5) is 27.9. The number of anilines is 4. The molecule has 3 aromatic rings. The molecule has 0 aliphatic carbocycles. The lowest BCUT2D eigenvalue weighted by molar-refractivity contribution is -0.114. The van der Waals surface area contributed by atoms with Gasteiger partial charge in [-0.3, -0.25) is 9.59 Å². The molecular weight excluding hydrogens is 364 g/mol. The van der Waals surface area contributed by atoms with Crippen molar-refractivity contribution >= 4 is 34.6 Å². The zero-order valence-corrected chi connectivity index (χ0v) is 16.7. The van der Waals surface area contributed by atoms with E-state index >= 15 is 0 Å². The second-order valence-corrected chi connectivity index (χ2v) is 7.02. The summed E-state index contributed by atoms with van der Waals surface area (Å²) in [5.41, 5.74) is 4.55. The van der Waals surface area contributed by atoms with Gasteiger partial charge in [-0.05, 0) is 47.9 Å². The van der Waals surface area contributed by atoms with Gasteiger partial charge in [0, 0.05) is 24.0 Å². The van der Waals surface area contributed by atoms with Crippen LogP contribution >= 0.6 is 0 Å². The number of rotatable bonds is 6.